The van der Waals surface area contributed by atoms with Crippen LogP contribution in [0.1, 0.15) is 43.7 Å². The van der Waals surface area contributed by atoms with E-state index in [1.807, 2.05) is 18.2 Å². The lowest BCUT2D eigenvalue weighted by Crippen LogP contribution is -2.44. The predicted octanol–water partition coefficient (Wildman–Crippen LogP) is 1.59. The van der Waals surface area contributed by atoms with Crippen molar-refractivity contribution < 1.29 is 4.79 Å². The second-order valence-electron chi connectivity index (χ2n) is 6.59. The number of carbonyl (C=O) groups excluding carboxylic acids is 1. The molecule has 23 heavy (non-hydrogen) atoms. The number of benzene rings is 1. The molecule has 3 rings (SSSR count). The number of nitrogens with zero attached hydrogens (tertiary/aromatic N) is 1. The van der Waals surface area contributed by atoms with Gasteiger partial charge >= 0.3 is 0 Å². The third-order valence-electron chi connectivity index (χ3n) is 4.82. The average molecular weight is 316 g/mol. The molecular formula is C18H28N4O. The Morgan fingerprint density at radius 1 is 1.13 bits per heavy atom. The normalized spacial score (nSPS) is 25.4. The molecule has 0 aliphatic carbocycles. The highest BCUT2D eigenvalue weighted by Crippen LogP contribution is 2.21. The fourth-order valence-corrected chi connectivity index (χ4v) is 3.45. The zero-order valence-electron chi connectivity index (χ0n) is 13.8. The maximum absolute atomic E-state index is 12.2. The van der Waals surface area contributed by atoms with E-state index < -0.39 is 0 Å². The van der Waals surface area contributed by atoms with Gasteiger partial charge in [-0.25, -0.2) is 10.9 Å². The Morgan fingerprint density at radius 3 is 2.70 bits per heavy atom. The molecule has 1 amide bonds. The van der Waals surface area contributed by atoms with Crippen LogP contribution in [0.25, 0.3) is 0 Å². The first-order chi connectivity index (χ1) is 11.3. The Balaban J connectivity index is 1.34. The van der Waals surface area contributed by atoms with Gasteiger partial charge in [-0.1, -0.05) is 36.8 Å². The Kier molecular flexibility index (Phi) is 6.02. The molecule has 2 saturated heterocycles. The quantitative estimate of drug-likeness (QED) is 0.698. The van der Waals surface area contributed by atoms with E-state index in [9.17, 15) is 4.79 Å². The van der Waals surface area contributed by atoms with Gasteiger partial charge in [0.1, 0.15) is 6.04 Å². The van der Waals surface area contributed by atoms with Gasteiger partial charge in [0.25, 0.3) is 0 Å². The number of nitrogens with one attached hydrogen (secondary N) is 3. The van der Waals surface area contributed by atoms with Crippen molar-refractivity contribution in [3.63, 3.8) is 0 Å². The smallest absolute Gasteiger partial charge is 0.238 e. The van der Waals surface area contributed by atoms with Gasteiger partial charge in [-0.05, 0) is 50.9 Å². The summed E-state index contributed by atoms with van der Waals surface area (Å²) in [6, 6.07) is 10.3. The summed E-state index contributed by atoms with van der Waals surface area (Å²) < 4.78 is 0. The number of piperidine rings is 1. The van der Waals surface area contributed by atoms with Gasteiger partial charge in [0.2, 0.25) is 5.91 Å². The summed E-state index contributed by atoms with van der Waals surface area (Å²) in [7, 11) is 0. The van der Waals surface area contributed by atoms with Gasteiger partial charge in [-0.15, -0.1) is 0 Å². The van der Waals surface area contributed by atoms with Crippen molar-refractivity contribution in [3.05, 3.63) is 35.9 Å². The maximum atomic E-state index is 12.2. The SMILES string of the molecule is O=C(NCCCN1CCCCC1)C1CC(c2ccccc2)NN1. The van der Waals surface area contributed by atoms with Crippen LogP contribution in [0.3, 0.4) is 0 Å². The topological polar surface area (TPSA) is 56.4 Å². The van der Waals surface area contributed by atoms with Gasteiger partial charge in [0.15, 0.2) is 0 Å². The summed E-state index contributed by atoms with van der Waals surface area (Å²) in [5, 5.41) is 3.07. The monoisotopic (exact) mass is 316 g/mol. The second-order valence-corrected chi connectivity index (χ2v) is 6.59. The summed E-state index contributed by atoms with van der Waals surface area (Å²) in [5.41, 5.74) is 7.57. The first-order valence-electron chi connectivity index (χ1n) is 8.89. The van der Waals surface area contributed by atoms with Crippen molar-refractivity contribution in [2.45, 2.75) is 44.2 Å². The van der Waals surface area contributed by atoms with Crippen LogP contribution in [0.4, 0.5) is 0 Å². The number of carbonyl (C=O) groups is 1. The van der Waals surface area contributed by atoms with E-state index in [1.54, 1.807) is 0 Å². The number of rotatable bonds is 6. The van der Waals surface area contributed by atoms with E-state index in [2.05, 4.69) is 33.2 Å². The molecule has 5 heteroatoms. The molecule has 126 valence electrons. The van der Waals surface area contributed by atoms with E-state index in [0.29, 0.717) is 0 Å². The van der Waals surface area contributed by atoms with Crippen molar-refractivity contribution in [3.8, 4) is 0 Å². The van der Waals surface area contributed by atoms with Gasteiger partial charge in [-0.3, -0.25) is 4.79 Å². The highest BCUT2D eigenvalue weighted by Gasteiger charge is 2.29. The minimum atomic E-state index is -0.143. The largest absolute Gasteiger partial charge is 0.355 e. The molecule has 0 saturated carbocycles. The fraction of sp³-hybridized carbons (Fsp3) is 0.611. The number of hydrazine groups is 1. The van der Waals surface area contributed by atoms with E-state index in [-0.39, 0.29) is 18.0 Å². The van der Waals surface area contributed by atoms with Gasteiger partial charge < -0.3 is 10.2 Å². The van der Waals surface area contributed by atoms with E-state index >= 15 is 0 Å². The highest BCUT2D eigenvalue weighted by molar-refractivity contribution is 5.82. The second kappa shape index (κ2) is 8.43. The van der Waals surface area contributed by atoms with Crippen LogP contribution >= 0.6 is 0 Å². The van der Waals surface area contributed by atoms with Gasteiger partial charge in [-0.2, -0.15) is 0 Å². The van der Waals surface area contributed by atoms with Crippen LogP contribution in [0.2, 0.25) is 0 Å². The molecule has 2 unspecified atom stereocenters. The summed E-state index contributed by atoms with van der Waals surface area (Å²) in [5.74, 6) is 0.106. The summed E-state index contributed by atoms with van der Waals surface area (Å²) in [6.07, 6.45) is 5.85. The molecule has 0 aromatic heterocycles. The Morgan fingerprint density at radius 2 is 1.91 bits per heavy atom. The molecule has 2 fully saturated rings. The lowest BCUT2D eigenvalue weighted by atomic mass is 10.0. The first kappa shape index (κ1) is 16.4. The minimum Gasteiger partial charge on any atom is -0.355 e. The van der Waals surface area contributed by atoms with Crippen LogP contribution in [0, 0.1) is 0 Å². The average Bonchev–Trinajstić information content (AvgIpc) is 3.10. The molecule has 0 spiro atoms. The summed E-state index contributed by atoms with van der Waals surface area (Å²) >= 11 is 0. The minimum absolute atomic E-state index is 0.106. The van der Waals surface area contributed by atoms with Crippen molar-refractivity contribution in [2.24, 2.45) is 0 Å². The first-order valence-corrected chi connectivity index (χ1v) is 8.89. The number of amides is 1. The van der Waals surface area contributed by atoms with Crippen molar-refractivity contribution >= 4 is 5.91 Å². The van der Waals surface area contributed by atoms with Crippen LogP contribution in [-0.4, -0.2) is 43.0 Å². The number of likely N-dealkylation sites (tertiary alicyclic amines) is 1. The maximum Gasteiger partial charge on any atom is 0.238 e. The summed E-state index contributed by atoms with van der Waals surface area (Å²) in [6.45, 7) is 4.31. The van der Waals surface area contributed by atoms with Crippen LogP contribution in [0.5, 0.6) is 0 Å². The summed E-state index contributed by atoms with van der Waals surface area (Å²) in [4.78, 5) is 14.8. The molecule has 2 heterocycles. The van der Waals surface area contributed by atoms with Crippen molar-refractivity contribution in [2.75, 3.05) is 26.2 Å². The van der Waals surface area contributed by atoms with Crippen LogP contribution < -0.4 is 16.2 Å². The molecule has 1 aromatic rings. The molecular weight excluding hydrogens is 288 g/mol. The standard InChI is InChI=1S/C18H28N4O/c23-18(19-10-7-13-22-11-5-2-6-12-22)17-14-16(20-21-17)15-8-3-1-4-9-15/h1,3-4,8-9,16-17,20-21H,2,5-7,10-14H2,(H,19,23). The van der Waals surface area contributed by atoms with Crippen LogP contribution in [0.15, 0.2) is 30.3 Å². The molecule has 5 nitrogen and oxygen atoms in total. The third kappa shape index (κ3) is 4.77. The Bertz CT molecular complexity index is 487. The third-order valence-corrected chi connectivity index (χ3v) is 4.82. The van der Waals surface area contributed by atoms with Gasteiger partial charge in [0.05, 0.1) is 0 Å². The number of hydrogen-bond acceptors (Lipinski definition) is 4. The highest BCUT2D eigenvalue weighted by atomic mass is 16.2. The zero-order valence-corrected chi connectivity index (χ0v) is 13.8. The molecule has 2 aliphatic rings. The van der Waals surface area contributed by atoms with E-state index in [1.165, 1.54) is 37.9 Å². The lowest BCUT2D eigenvalue weighted by molar-refractivity contribution is -0.122. The predicted molar refractivity (Wildman–Crippen MR) is 91.8 cm³/mol. The molecule has 1 aromatic carbocycles. The molecule has 0 radical (unpaired) electrons. The lowest BCUT2D eigenvalue weighted by Gasteiger charge is -2.26. The van der Waals surface area contributed by atoms with Crippen LogP contribution in [-0.2, 0) is 4.79 Å². The molecule has 3 N–H and O–H groups in total. The Labute approximate surface area is 138 Å². The number of hydrogen-bond donors (Lipinski definition) is 3. The van der Waals surface area contributed by atoms with Crippen molar-refractivity contribution in [1.29, 1.82) is 0 Å². The van der Waals surface area contributed by atoms with E-state index in [0.717, 1.165) is 25.9 Å². The van der Waals surface area contributed by atoms with E-state index in [4.69, 9.17) is 0 Å². The molecule has 2 aliphatic heterocycles. The zero-order chi connectivity index (χ0) is 15.9. The van der Waals surface area contributed by atoms with Gasteiger partial charge in [0, 0.05) is 12.6 Å². The molecule has 0 bridgehead atoms. The molecule has 2 atom stereocenters. The Hall–Kier alpha value is -1.43. The fourth-order valence-electron chi connectivity index (χ4n) is 3.45. The van der Waals surface area contributed by atoms with Crippen molar-refractivity contribution in [1.82, 2.24) is 21.1 Å².